The fraction of sp³-hybridized carbons (Fsp3) is 0.435. The molecule has 0 radical (unpaired) electrons. The number of ether oxygens (including phenoxy) is 1. The standard InChI is InChI=1S/C23H25F4N3O/c1-15(20-12-18(23(25,26)27)11-16-13-29-30(2)21(16)20)31-14-22(7-9-28-10-8-22)17-3-5-19(24)6-4-17/h3-6,11-13,15,28H,7-10,14H2,1-2H3. The smallest absolute Gasteiger partial charge is 0.373 e. The summed E-state index contributed by atoms with van der Waals surface area (Å²) >= 11 is 0. The molecule has 1 aromatic heterocycles. The molecule has 0 saturated carbocycles. The van der Waals surface area contributed by atoms with E-state index in [4.69, 9.17) is 4.74 Å². The first-order valence-corrected chi connectivity index (χ1v) is 10.3. The van der Waals surface area contributed by atoms with E-state index in [1.54, 1.807) is 30.8 Å². The number of hydrogen-bond donors (Lipinski definition) is 1. The lowest BCUT2D eigenvalue weighted by molar-refractivity contribution is -0.137. The van der Waals surface area contributed by atoms with Crippen LogP contribution in [-0.4, -0.2) is 29.5 Å². The fourth-order valence-electron chi connectivity index (χ4n) is 4.43. The Labute approximate surface area is 178 Å². The number of alkyl halides is 3. The zero-order chi connectivity index (χ0) is 22.2. The first-order valence-electron chi connectivity index (χ1n) is 10.3. The van der Waals surface area contributed by atoms with Gasteiger partial charge in [-0.15, -0.1) is 0 Å². The lowest BCUT2D eigenvalue weighted by atomic mass is 9.74. The lowest BCUT2D eigenvalue weighted by Gasteiger charge is -2.39. The van der Waals surface area contributed by atoms with Gasteiger partial charge in [-0.1, -0.05) is 12.1 Å². The second-order valence-electron chi connectivity index (χ2n) is 8.26. The van der Waals surface area contributed by atoms with E-state index in [9.17, 15) is 17.6 Å². The molecule has 1 atom stereocenters. The van der Waals surface area contributed by atoms with Gasteiger partial charge in [0.2, 0.25) is 0 Å². The maximum absolute atomic E-state index is 13.5. The summed E-state index contributed by atoms with van der Waals surface area (Å²) in [6.45, 7) is 3.69. The van der Waals surface area contributed by atoms with Gasteiger partial charge in [-0.3, -0.25) is 4.68 Å². The number of piperidine rings is 1. The zero-order valence-corrected chi connectivity index (χ0v) is 17.5. The highest BCUT2D eigenvalue weighted by molar-refractivity contribution is 5.83. The van der Waals surface area contributed by atoms with E-state index in [2.05, 4.69) is 10.4 Å². The average molecular weight is 435 g/mol. The minimum atomic E-state index is -4.46. The zero-order valence-electron chi connectivity index (χ0n) is 17.5. The van der Waals surface area contributed by atoms with E-state index in [0.717, 1.165) is 43.6 Å². The molecule has 1 fully saturated rings. The largest absolute Gasteiger partial charge is 0.416 e. The summed E-state index contributed by atoms with van der Waals surface area (Å²) in [5.74, 6) is -0.301. The summed E-state index contributed by atoms with van der Waals surface area (Å²) in [6, 6.07) is 8.70. The van der Waals surface area contributed by atoms with Crippen molar-refractivity contribution >= 4 is 10.9 Å². The van der Waals surface area contributed by atoms with E-state index >= 15 is 0 Å². The van der Waals surface area contributed by atoms with Crippen molar-refractivity contribution in [1.29, 1.82) is 0 Å². The number of nitrogens with zero attached hydrogens (tertiary/aromatic N) is 2. The van der Waals surface area contributed by atoms with Crippen LogP contribution in [0.1, 0.15) is 42.6 Å². The molecule has 4 rings (SSSR count). The Balaban J connectivity index is 1.65. The number of hydrogen-bond acceptors (Lipinski definition) is 3. The number of halogens is 4. The summed E-state index contributed by atoms with van der Waals surface area (Å²) in [4.78, 5) is 0. The van der Waals surface area contributed by atoms with Gasteiger partial charge < -0.3 is 10.1 Å². The number of rotatable bonds is 5. The average Bonchev–Trinajstić information content (AvgIpc) is 3.13. The molecule has 1 aliphatic rings. The Morgan fingerprint density at radius 1 is 1.16 bits per heavy atom. The van der Waals surface area contributed by atoms with Crippen LogP contribution >= 0.6 is 0 Å². The van der Waals surface area contributed by atoms with Crippen LogP contribution in [-0.2, 0) is 23.4 Å². The second kappa shape index (κ2) is 8.24. The number of benzene rings is 2. The summed E-state index contributed by atoms with van der Waals surface area (Å²) in [7, 11) is 1.71. The molecule has 2 heterocycles. The van der Waals surface area contributed by atoms with Crippen LogP contribution < -0.4 is 5.32 Å². The van der Waals surface area contributed by atoms with E-state index in [0.29, 0.717) is 23.1 Å². The molecule has 31 heavy (non-hydrogen) atoms. The predicted octanol–water partition coefficient (Wildman–Crippen LogP) is 5.13. The van der Waals surface area contributed by atoms with Crippen LogP contribution in [0.3, 0.4) is 0 Å². The Kier molecular flexibility index (Phi) is 5.79. The third-order valence-corrected chi connectivity index (χ3v) is 6.25. The lowest BCUT2D eigenvalue weighted by Crippen LogP contribution is -2.43. The van der Waals surface area contributed by atoms with Gasteiger partial charge in [0.05, 0.1) is 30.0 Å². The molecular formula is C23H25F4N3O. The fourth-order valence-corrected chi connectivity index (χ4v) is 4.43. The Morgan fingerprint density at radius 2 is 1.84 bits per heavy atom. The maximum atomic E-state index is 13.5. The molecule has 1 saturated heterocycles. The van der Waals surface area contributed by atoms with Gasteiger partial charge in [0.15, 0.2) is 0 Å². The molecule has 8 heteroatoms. The minimum absolute atomic E-state index is 0.301. The van der Waals surface area contributed by atoms with E-state index in [-0.39, 0.29) is 11.2 Å². The van der Waals surface area contributed by atoms with Crippen LogP contribution in [0.4, 0.5) is 17.6 Å². The van der Waals surface area contributed by atoms with Crippen LogP contribution in [0, 0.1) is 5.82 Å². The highest BCUT2D eigenvalue weighted by Gasteiger charge is 2.36. The number of nitrogens with one attached hydrogen (secondary N) is 1. The van der Waals surface area contributed by atoms with E-state index in [1.807, 2.05) is 0 Å². The van der Waals surface area contributed by atoms with Gasteiger partial charge in [-0.05, 0) is 62.7 Å². The van der Waals surface area contributed by atoms with Crippen molar-refractivity contribution in [3.8, 4) is 0 Å². The predicted molar refractivity (Wildman–Crippen MR) is 110 cm³/mol. The van der Waals surface area contributed by atoms with Crippen LogP contribution in [0.25, 0.3) is 10.9 Å². The monoisotopic (exact) mass is 435 g/mol. The van der Waals surface area contributed by atoms with E-state index < -0.39 is 17.8 Å². The maximum Gasteiger partial charge on any atom is 0.416 e. The minimum Gasteiger partial charge on any atom is -0.373 e. The van der Waals surface area contributed by atoms with Gasteiger partial charge in [0.1, 0.15) is 5.82 Å². The molecule has 1 N–H and O–H groups in total. The van der Waals surface area contributed by atoms with Gasteiger partial charge >= 0.3 is 6.18 Å². The van der Waals surface area contributed by atoms with Crippen molar-refractivity contribution in [2.45, 2.75) is 37.5 Å². The molecule has 1 unspecified atom stereocenters. The molecule has 3 aromatic rings. The van der Waals surface area contributed by atoms with Crippen molar-refractivity contribution in [2.24, 2.45) is 7.05 Å². The molecule has 0 bridgehead atoms. The van der Waals surface area contributed by atoms with Crippen molar-refractivity contribution in [3.05, 3.63) is 65.1 Å². The molecule has 0 aliphatic carbocycles. The number of fused-ring (bicyclic) bond motifs is 1. The molecule has 4 nitrogen and oxygen atoms in total. The van der Waals surface area contributed by atoms with Crippen molar-refractivity contribution in [3.63, 3.8) is 0 Å². The molecule has 1 aliphatic heterocycles. The van der Waals surface area contributed by atoms with Crippen LogP contribution in [0.2, 0.25) is 0 Å². The summed E-state index contributed by atoms with van der Waals surface area (Å²) in [5.41, 5.74) is 1.03. The highest BCUT2D eigenvalue weighted by Crippen LogP contribution is 2.38. The summed E-state index contributed by atoms with van der Waals surface area (Å²) < 4.78 is 61.6. The third-order valence-electron chi connectivity index (χ3n) is 6.25. The molecular weight excluding hydrogens is 410 g/mol. The highest BCUT2D eigenvalue weighted by atomic mass is 19.4. The molecule has 166 valence electrons. The Morgan fingerprint density at radius 3 is 2.48 bits per heavy atom. The second-order valence-corrected chi connectivity index (χ2v) is 8.26. The molecule has 0 spiro atoms. The van der Waals surface area contributed by atoms with Crippen LogP contribution in [0.15, 0.2) is 42.6 Å². The number of aryl methyl sites for hydroxylation is 1. The quantitative estimate of drug-likeness (QED) is 0.565. The van der Waals surface area contributed by atoms with Crippen molar-refractivity contribution in [2.75, 3.05) is 19.7 Å². The number of aromatic nitrogens is 2. The molecule has 2 aromatic carbocycles. The van der Waals surface area contributed by atoms with Crippen molar-refractivity contribution in [1.82, 2.24) is 15.1 Å². The SMILES string of the molecule is CC(OCC1(c2ccc(F)cc2)CCNCC1)c1cc(C(F)(F)F)cc2cnn(C)c12. The van der Waals surface area contributed by atoms with E-state index in [1.165, 1.54) is 18.3 Å². The normalized spacial score (nSPS) is 17.7. The Bertz CT molecular complexity index is 1050. The van der Waals surface area contributed by atoms with Gasteiger partial charge in [-0.2, -0.15) is 18.3 Å². The third kappa shape index (κ3) is 4.32. The first kappa shape index (κ1) is 21.8. The van der Waals surface area contributed by atoms with Gasteiger partial charge in [0, 0.05) is 23.4 Å². The first-order chi connectivity index (χ1) is 14.7. The van der Waals surface area contributed by atoms with Crippen molar-refractivity contribution < 1.29 is 22.3 Å². The topological polar surface area (TPSA) is 39.1 Å². The summed E-state index contributed by atoms with van der Waals surface area (Å²) in [6.07, 6.45) is -1.99. The van der Waals surface area contributed by atoms with Gasteiger partial charge in [-0.25, -0.2) is 4.39 Å². The molecule has 0 amide bonds. The Hall–Kier alpha value is -2.45. The summed E-state index contributed by atoms with van der Waals surface area (Å²) in [5, 5.41) is 7.89. The van der Waals surface area contributed by atoms with Crippen LogP contribution in [0.5, 0.6) is 0 Å². The van der Waals surface area contributed by atoms with Gasteiger partial charge in [0.25, 0.3) is 0 Å².